The molecule has 0 aliphatic heterocycles. The lowest BCUT2D eigenvalue weighted by atomic mass is 10.0. The number of hydrogen-bond acceptors (Lipinski definition) is 4. The Bertz CT molecular complexity index is 373. The summed E-state index contributed by atoms with van der Waals surface area (Å²) in [6.45, 7) is 11.8. The van der Waals surface area contributed by atoms with E-state index in [0.717, 1.165) is 18.0 Å². The molecule has 0 aromatic carbocycles. The Labute approximate surface area is 115 Å². The minimum atomic E-state index is 0.290. The number of aryl methyl sites for hydroxylation is 2. The molecule has 0 saturated heterocycles. The van der Waals surface area contributed by atoms with Crippen LogP contribution in [0.1, 0.15) is 48.8 Å². The average molecular weight is 269 g/mol. The zero-order chi connectivity index (χ0) is 13.9. The van der Waals surface area contributed by atoms with Crippen LogP contribution in [0.25, 0.3) is 0 Å². The van der Waals surface area contributed by atoms with Gasteiger partial charge in [0, 0.05) is 10.9 Å². The quantitative estimate of drug-likeness (QED) is 0.862. The lowest BCUT2D eigenvalue weighted by molar-refractivity contribution is 0.239. The standard InChI is InChI=1S/C14H27N3S/c1-9(2)13(15)7-8-17(6)10(3)14-11(4)18-12(5)16-14/h9-10,13H,7-8,15H2,1-6H3. The maximum Gasteiger partial charge on any atom is 0.0900 e. The maximum atomic E-state index is 6.10. The fourth-order valence-electron chi connectivity index (χ4n) is 2.02. The summed E-state index contributed by atoms with van der Waals surface area (Å²) in [7, 11) is 2.16. The summed E-state index contributed by atoms with van der Waals surface area (Å²) in [5.74, 6) is 0.553. The highest BCUT2D eigenvalue weighted by molar-refractivity contribution is 7.11. The third kappa shape index (κ3) is 4.04. The smallest absolute Gasteiger partial charge is 0.0900 e. The van der Waals surface area contributed by atoms with Crippen LogP contribution in [0.5, 0.6) is 0 Å². The lowest BCUT2D eigenvalue weighted by Gasteiger charge is -2.26. The molecule has 18 heavy (non-hydrogen) atoms. The third-order valence-electron chi connectivity index (χ3n) is 3.67. The molecule has 0 spiro atoms. The van der Waals surface area contributed by atoms with Crippen LogP contribution in [0.4, 0.5) is 0 Å². The van der Waals surface area contributed by atoms with Crippen molar-refractivity contribution in [3.05, 3.63) is 15.6 Å². The van der Waals surface area contributed by atoms with Crippen molar-refractivity contribution >= 4 is 11.3 Å². The van der Waals surface area contributed by atoms with Gasteiger partial charge in [-0.05, 0) is 46.7 Å². The topological polar surface area (TPSA) is 42.2 Å². The highest BCUT2D eigenvalue weighted by Crippen LogP contribution is 2.26. The monoisotopic (exact) mass is 269 g/mol. The zero-order valence-electron chi connectivity index (χ0n) is 12.5. The first kappa shape index (κ1) is 15.6. The molecule has 1 heterocycles. The van der Waals surface area contributed by atoms with Crippen molar-refractivity contribution in [3.8, 4) is 0 Å². The molecule has 1 rings (SSSR count). The van der Waals surface area contributed by atoms with Crippen LogP contribution >= 0.6 is 11.3 Å². The number of thiazole rings is 1. The second-order valence-electron chi connectivity index (χ2n) is 5.53. The van der Waals surface area contributed by atoms with Crippen LogP contribution < -0.4 is 5.73 Å². The van der Waals surface area contributed by atoms with Gasteiger partial charge in [-0.15, -0.1) is 11.3 Å². The van der Waals surface area contributed by atoms with Gasteiger partial charge in [0.25, 0.3) is 0 Å². The average Bonchev–Trinajstić information content (AvgIpc) is 2.63. The summed E-state index contributed by atoms with van der Waals surface area (Å²) in [5, 5.41) is 1.15. The molecule has 104 valence electrons. The van der Waals surface area contributed by atoms with Crippen LogP contribution in [0.15, 0.2) is 0 Å². The molecule has 0 amide bonds. The Morgan fingerprint density at radius 1 is 1.28 bits per heavy atom. The van der Waals surface area contributed by atoms with Gasteiger partial charge in [0.1, 0.15) is 0 Å². The fraction of sp³-hybridized carbons (Fsp3) is 0.786. The van der Waals surface area contributed by atoms with Gasteiger partial charge in [-0.3, -0.25) is 4.90 Å². The fourth-order valence-corrected chi connectivity index (χ4v) is 2.93. The molecule has 1 aromatic heterocycles. The van der Waals surface area contributed by atoms with Crippen LogP contribution in [-0.2, 0) is 0 Å². The van der Waals surface area contributed by atoms with Crippen molar-refractivity contribution in [2.75, 3.05) is 13.6 Å². The van der Waals surface area contributed by atoms with E-state index in [9.17, 15) is 0 Å². The molecule has 2 atom stereocenters. The van der Waals surface area contributed by atoms with Crippen LogP contribution in [-0.4, -0.2) is 29.5 Å². The van der Waals surface area contributed by atoms with Crippen molar-refractivity contribution < 1.29 is 0 Å². The number of nitrogens with zero attached hydrogens (tertiary/aromatic N) is 2. The Hall–Kier alpha value is -0.450. The number of nitrogens with two attached hydrogens (primary N) is 1. The number of rotatable bonds is 6. The molecule has 0 saturated carbocycles. The van der Waals surface area contributed by atoms with Crippen LogP contribution in [0, 0.1) is 19.8 Å². The molecule has 0 aliphatic rings. The Kier molecular flexibility index (Phi) is 5.76. The first-order valence-corrected chi connectivity index (χ1v) is 7.54. The van der Waals surface area contributed by atoms with Crippen molar-refractivity contribution in [2.45, 2.75) is 53.1 Å². The van der Waals surface area contributed by atoms with E-state index in [1.807, 2.05) is 0 Å². The first-order chi connectivity index (χ1) is 8.32. The lowest BCUT2D eigenvalue weighted by Crippen LogP contribution is -2.33. The van der Waals surface area contributed by atoms with Crippen molar-refractivity contribution in [1.82, 2.24) is 9.88 Å². The summed E-state index contributed by atoms with van der Waals surface area (Å²) < 4.78 is 0. The minimum absolute atomic E-state index is 0.290. The number of hydrogen-bond donors (Lipinski definition) is 1. The van der Waals surface area contributed by atoms with E-state index in [2.05, 4.69) is 51.6 Å². The Morgan fingerprint density at radius 2 is 1.89 bits per heavy atom. The van der Waals surface area contributed by atoms with Gasteiger partial charge in [0.05, 0.1) is 16.7 Å². The number of aromatic nitrogens is 1. The summed E-state index contributed by atoms with van der Waals surface area (Å²) in [5.41, 5.74) is 7.32. The van der Waals surface area contributed by atoms with Gasteiger partial charge in [-0.1, -0.05) is 13.8 Å². The van der Waals surface area contributed by atoms with Crippen LogP contribution in [0.3, 0.4) is 0 Å². The van der Waals surface area contributed by atoms with Gasteiger partial charge in [-0.2, -0.15) is 0 Å². The summed E-state index contributed by atoms with van der Waals surface area (Å²) in [6.07, 6.45) is 1.04. The van der Waals surface area contributed by atoms with E-state index in [1.54, 1.807) is 11.3 Å². The molecule has 3 nitrogen and oxygen atoms in total. The van der Waals surface area contributed by atoms with Gasteiger partial charge < -0.3 is 5.73 Å². The normalized spacial score (nSPS) is 15.4. The van der Waals surface area contributed by atoms with Crippen molar-refractivity contribution in [1.29, 1.82) is 0 Å². The van der Waals surface area contributed by atoms with Gasteiger partial charge >= 0.3 is 0 Å². The molecule has 0 fully saturated rings. The summed E-state index contributed by atoms with van der Waals surface area (Å²) in [6, 6.07) is 0.659. The highest BCUT2D eigenvalue weighted by Gasteiger charge is 2.18. The molecule has 0 radical (unpaired) electrons. The van der Waals surface area contributed by atoms with E-state index in [4.69, 9.17) is 5.73 Å². The van der Waals surface area contributed by atoms with E-state index in [-0.39, 0.29) is 6.04 Å². The molecule has 0 aliphatic carbocycles. The molecular weight excluding hydrogens is 242 g/mol. The predicted octanol–water partition coefficient (Wildman–Crippen LogP) is 3.13. The van der Waals surface area contributed by atoms with Gasteiger partial charge in [-0.25, -0.2) is 4.98 Å². The predicted molar refractivity (Wildman–Crippen MR) is 80.1 cm³/mol. The molecular formula is C14H27N3S. The first-order valence-electron chi connectivity index (χ1n) is 6.72. The summed E-state index contributed by atoms with van der Waals surface area (Å²) >= 11 is 1.78. The van der Waals surface area contributed by atoms with E-state index in [0.29, 0.717) is 12.0 Å². The van der Waals surface area contributed by atoms with Crippen molar-refractivity contribution in [2.24, 2.45) is 11.7 Å². The van der Waals surface area contributed by atoms with Crippen molar-refractivity contribution in [3.63, 3.8) is 0 Å². The zero-order valence-corrected chi connectivity index (χ0v) is 13.3. The molecule has 1 aromatic rings. The van der Waals surface area contributed by atoms with E-state index < -0.39 is 0 Å². The minimum Gasteiger partial charge on any atom is -0.327 e. The van der Waals surface area contributed by atoms with Crippen LogP contribution in [0.2, 0.25) is 0 Å². The maximum absolute atomic E-state index is 6.10. The summed E-state index contributed by atoms with van der Waals surface area (Å²) in [4.78, 5) is 8.32. The molecule has 2 N–H and O–H groups in total. The van der Waals surface area contributed by atoms with E-state index in [1.165, 1.54) is 10.6 Å². The Balaban J connectivity index is 2.56. The second kappa shape index (κ2) is 6.64. The third-order valence-corrected chi connectivity index (χ3v) is 4.57. The Morgan fingerprint density at radius 3 is 2.33 bits per heavy atom. The van der Waals surface area contributed by atoms with Gasteiger partial charge in [0.2, 0.25) is 0 Å². The van der Waals surface area contributed by atoms with E-state index >= 15 is 0 Å². The molecule has 0 bridgehead atoms. The van der Waals surface area contributed by atoms with Gasteiger partial charge in [0.15, 0.2) is 0 Å². The largest absolute Gasteiger partial charge is 0.327 e. The molecule has 2 unspecified atom stereocenters. The molecule has 4 heteroatoms. The second-order valence-corrected chi connectivity index (χ2v) is 6.93. The highest BCUT2D eigenvalue weighted by atomic mass is 32.1. The SMILES string of the molecule is Cc1nc(C(C)N(C)CCC(N)C(C)C)c(C)s1.